The van der Waals surface area contributed by atoms with Gasteiger partial charge in [-0.25, -0.2) is 0 Å². The molecule has 0 aromatic rings. The van der Waals surface area contributed by atoms with Gasteiger partial charge in [-0.3, -0.25) is 0 Å². The van der Waals surface area contributed by atoms with E-state index in [-0.39, 0.29) is 6.10 Å². The van der Waals surface area contributed by atoms with Gasteiger partial charge in [-0.15, -0.1) is 0 Å². The second-order valence-electron chi connectivity index (χ2n) is 3.64. The van der Waals surface area contributed by atoms with Crippen LogP contribution in [0.15, 0.2) is 0 Å². The topological polar surface area (TPSA) is 44.3 Å². The van der Waals surface area contributed by atoms with Crippen LogP contribution >= 0.6 is 0 Å². The predicted octanol–water partition coefficient (Wildman–Crippen LogP) is 0.0989. The lowest BCUT2D eigenvalue weighted by atomic mass is 10.3. The van der Waals surface area contributed by atoms with E-state index >= 15 is 0 Å². The van der Waals surface area contributed by atoms with Crippen LogP contribution < -0.4 is 10.6 Å². The smallest absolute Gasteiger partial charge is 0.0636 e. The SMILES string of the molecule is CC(O)CNCCCNC1CC1. The molecule has 1 rings (SSSR count). The molecule has 0 amide bonds. The highest BCUT2D eigenvalue weighted by Crippen LogP contribution is 2.18. The Morgan fingerprint density at radius 3 is 2.75 bits per heavy atom. The van der Waals surface area contributed by atoms with Gasteiger partial charge >= 0.3 is 0 Å². The van der Waals surface area contributed by atoms with Crippen molar-refractivity contribution in [3.63, 3.8) is 0 Å². The molecule has 1 saturated carbocycles. The molecule has 0 aromatic carbocycles. The average molecular weight is 172 g/mol. The van der Waals surface area contributed by atoms with Gasteiger partial charge in [0.25, 0.3) is 0 Å². The molecule has 1 fully saturated rings. The summed E-state index contributed by atoms with van der Waals surface area (Å²) in [6.07, 6.45) is 3.66. The van der Waals surface area contributed by atoms with Crippen molar-refractivity contribution in [3.05, 3.63) is 0 Å². The minimum absolute atomic E-state index is 0.221. The molecule has 72 valence electrons. The molecule has 0 bridgehead atoms. The maximum Gasteiger partial charge on any atom is 0.0636 e. The fourth-order valence-electron chi connectivity index (χ4n) is 1.12. The maximum atomic E-state index is 8.93. The van der Waals surface area contributed by atoms with Gasteiger partial charge in [0.1, 0.15) is 0 Å². The summed E-state index contributed by atoms with van der Waals surface area (Å²) in [5.41, 5.74) is 0. The van der Waals surface area contributed by atoms with E-state index in [1.807, 2.05) is 0 Å². The molecule has 3 nitrogen and oxygen atoms in total. The number of hydrogen-bond acceptors (Lipinski definition) is 3. The van der Waals surface area contributed by atoms with Crippen molar-refractivity contribution in [1.82, 2.24) is 10.6 Å². The Balaban J connectivity index is 1.70. The van der Waals surface area contributed by atoms with Gasteiger partial charge in [0.15, 0.2) is 0 Å². The van der Waals surface area contributed by atoms with E-state index in [0.29, 0.717) is 6.54 Å². The molecule has 1 aliphatic carbocycles. The van der Waals surface area contributed by atoms with Gasteiger partial charge in [0.05, 0.1) is 6.10 Å². The van der Waals surface area contributed by atoms with E-state index in [1.165, 1.54) is 12.8 Å². The summed E-state index contributed by atoms with van der Waals surface area (Å²) in [6.45, 7) is 4.63. The summed E-state index contributed by atoms with van der Waals surface area (Å²) >= 11 is 0. The van der Waals surface area contributed by atoms with Crippen molar-refractivity contribution in [2.24, 2.45) is 0 Å². The van der Waals surface area contributed by atoms with Gasteiger partial charge in [0.2, 0.25) is 0 Å². The zero-order chi connectivity index (χ0) is 8.81. The molecule has 0 spiro atoms. The number of aliphatic hydroxyl groups excluding tert-OH is 1. The largest absolute Gasteiger partial charge is 0.392 e. The molecule has 0 heterocycles. The van der Waals surface area contributed by atoms with Crippen molar-refractivity contribution in [1.29, 1.82) is 0 Å². The molecule has 3 N–H and O–H groups in total. The molecule has 1 unspecified atom stereocenters. The normalized spacial score (nSPS) is 19.5. The van der Waals surface area contributed by atoms with Crippen molar-refractivity contribution in [3.8, 4) is 0 Å². The third-order valence-electron chi connectivity index (χ3n) is 1.98. The molecule has 3 heteroatoms. The predicted molar refractivity (Wildman–Crippen MR) is 50.2 cm³/mol. The standard InChI is InChI=1S/C9H20N2O/c1-8(12)7-10-5-2-6-11-9-3-4-9/h8-12H,2-7H2,1H3. The zero-order valence-electron chi connectivity index (χ0n) is 7.84. The summed E-state index contributed by atoms with van der Waals surface area (Å²) in [5.74, 6) is 0. The molecule has 0 aliphatic heterocycles. The fourth-order valence-corrected chi connectivity index (χ4v) is 1.12. The first-order valence-electron chi connectivity index (χ1n) is 4.91. The number of aliphatic hydroxyl groups is 1. The van der Waals surface area contributed by atoms with Crippen LogP contribution in [0.3, 0.4) is 0 Å². The number of nitrogens with one attached hydrogen (secondary N) is 2. The van der Waals surface area contributed by atoms with Gasteiger partial charge in [-0.1, -0.05) is 0 Å². The third kappa shape index (κ3) is 5.52. The first kappa shape index (κ1) is 9.96. The summed E-state index contributed by atoms with van der Waals surface area (Å²) in [7, 11) is 0. The Morgan fingerprint density at radius 2 is 2.17 bits per heavy atom. The zero-order valence-corrected chi connectivity index (χ0v) is 7.84. The average Bonchev–Trinajstić information content (AvgIpc) is 2.79. The van der Waals surface area contributed by atoms with Crippen molar-refractivity contribution in [2.75, 3.05) is 19.6 Å². The highest BCUT2D eigenvalue weighted by atomic mass is 16.3. The lowest BCUT2D eigenvalue weighted by Crippen LogP contribution is -2.28. The Morgan fingerprint density at radius 1 is 1.42 bits per heavy atom. The Kier molecular flexibility index (Phi) is 4.58. The van der Waals surface area contributed by atoms with Gasteiger partial charge in [-0.2, -0.15) is 0 Å². The van der Waals surface area contributed by atoms with Crippen LogP contribution in [0.1, 0.15) is 26.2 Å². The van der Waals surface area contributed by atoms with Crippen LogP contribution in [0.5, 0.6) is 0 Å². The van der Waals surface area contributed by atoms with Gasteiger partial charge in [-0.05, 0) is 39.3 Å². The second kappa shape index (κ2) is 5.51. The van der Waals surface area contributed by atoms with E-state index < -0.39 is 0 Å². The highest BCUT2D eigenvalue weighted by Gasteiger charge is 2.19. The van der Waals surface area contributed by atoms with Crippen molar-refractivity contribution < 1.29 is 5.11 Å². The monoisotopic (exact) mass is 172 g/mol. The lowest BCUT2D eigenvalue weighted by Gasteiger charge is -2.06. The van der Waals surface area contributed by atoms with E-state index in [1.54, 1.807) is 6.92 Å². The third-order valence-corrected chi connectivity index (χ3v) is 1.98. The first-order valence-corrected chi connectivity index (χ1v) is 4.91. The van der Waals surface area contributed by atoms with Gasteiger partial charge in [0, 0.05) is 12.6 Å². The fraction of sp³-hybridized carbons (Fsp3) is 1.00. The van der Waals surface area contributed by atoms with Crippen LogP contribution in [-0.2, 0) is 0 Å². The number of hydrogen-bond donors (Lipinski definition) is 3. The van der Waals surface area contributed by atoms with E-state index in [2.05, 4.69) is 10.6 Å². The molecule has 12 heavy (non-hydrogen) atoms. The summed E-state index contributed by atoms with van der Waals surface area (Å²) in [5, 5.41) is 15.6. The van der Waals surface area contributed by atoms with E-state index in [4.69, 9.17) is 5.11 Å². The summed E-state index contributed by atoms with van der Waals surface area (Å²) < 4.78 is 0. The molecule has 1 aliphatic rings. The van der Waals surface area contributed by atoms with Crippen molar-refractivity contribution in [2.45, 2.75) is 38.3 Å². The second-order valence-corrected chi connectivity index (χ2v) is 3.64. The summed E-state index contributed by atoms with van der Waals surface area (Å²) in [4.78, 5) is 0. The minimum Gasteiger partial charge on any atom is -0.392 e. The van der Waals surface area contributed by atoms with E-state index in [0.717, 1.165) is 25.6 Å². The quantitative estimate of drug-likeness (QED) is 0.477. The molecular formula is C9H20N2O. The van der Waals surface area contributed by atoms with Crippen LogP contribution in [0.25, 0.3) is 0 Å². The van der Waals surface area contributed by atoms with E-state index in [9.17, 15) is 0 Å². The van der Waals surface area contributed by atoms with Crippen LogP contribution in [0, 0.1) is 0 Å². The Bertz CT molecular complexity index is 107. The molecular weight excluding hydrogens is 152 g/mol. The Labute approximate surface area is 74.5 Å². The van der Waals surface area contributed by atoms with Crippen LogP contribution in [0.2, 0.25) is 0 Å². The maximum absolute atomic E-state index is 8.93. The molecule has 0 saturated heterocycles. The Hall–Kier alpha value is -0.120. The van der Waals surface area contributed by atoms with Crippen LogP contribution in [0.4, 0.5) is 0 Å². The molecule has 0 aromatic heterocycles. The minimum atomic E-state index is -0.221. The first-order chi connectivity index (χ1) is 5.79. The lowest BCUT2D eigenvalue weighted by molar-refractivity contribution is 0.191. The molecule has 0 radical (unpaired) electrons. The number of rotatable bonds is 7. The highest BCUT2D eigenvalue weighted by molar-refractivity contribution is 4.80. The van der Waals surface area contributed by atoms with Gasteiger partial charge < -0.3 is 15.7 Å². The molecule has 1 atom stereocenters. The summed E-state index contributed by atoms with van der Waals surface area (Å²) in [6, 6.07) is 0.821. The van der Waals surface area contributed by atoms with Crippen LogP contribution in [-0.4, -0.2) is 36.9 Å². The van der Waals surface area contributed by atoms with Crippen molar-refractivity contribution >= 4 is 0 Å².